The van der Waals surface area contributed by atoms with Gasteiger partial charge >= 0.3 is 12.1 Å². The molecule has 0 unspecified atom stereocenters. The van der Waals surface area contributed by atoms with Gasteiger partial charge in [-0.2, -0.15) is 0 Å². The van der Waals surface area contributed by atoms with Gasteiger partial charge < -0.3 is 19.9 Å². The maximum absolute atomic E-state index is 12.0. The number of nitrogen functional groups attached to an aromatic ring is 1. The smallest absolute Gasteiger partial charge is 0.459 e. The molecule has 0 spiro atoms. The molecule has 0 amide bonds. The topological polar surface area (TPSA) is 87.8 Å². The summed E-state index contributed by atoms with van der Waals surface area (Å²) in [4.78, 5) is 23.6. The van der Waals surface area contributed by atoms with Gasteiger partial charge in [0.15, 0.2) is 5.75 Å². The van der Waals surface area contributed by atoms with Gasteiger partial charge in [-0.25, -0.2) is 9.59 Å². The molecule has 21 heavy (non-hydrogen) atoms. The molecule has 0 atom stereocenters. The number of carbonyl (C=O) groups excluding carboxylic acids is 2. The van der Waals surface area contributed by atoms with Gasteiger partial charge in [0.2, 0.25) is 0 Å². The van der Waals surface area contributed by atoms with E-state index in [0.29, 0.717) is 17.7 Å². The van der Waals surface area contributed by atoms with Crippen LogP contribution in [0.25, 0.3) is 0 Å². The number of benzene rings is 1. The molecular weight excluding hydrogens is 274 g/mol. The maximum atomic E-state index is 12.0. The largest absolute Gasteiger partial charge is 0.513 e. The minimum Gasteiger partial charge on any atom is -0.459 e. The Morgan fingerprint density at radius 2 is 1.95 bits per heavy atom. The van der Waals surface area contributed by atoms with E-state index < -0.39 is 12.1 Å². The molecule has 2 N–H and O–H groups in total. The molecule has 0 aliphatic carbocycles. The van der Waals surface area contributed by atoms with E-state index in [2.05, 4.69) is 0 Å². The first kappa shape index (κ1) is 16.8. The van der Waals surface area contributed by atoms with Gasteiger partial charge in [0.25, 0.3) is 0 Å². The first-order valence-electron chi connectivity index (χ1n) is 6.81. The van der Waals surface area contributed by atoms with Crippen LogP contribution < -0.4 is 10.5 Å². The fraction of sp³-hybridized carbons (Fsp3) is 0.467. The predicted molar refractivity (Wildman–Crippen MR) is 78.4 cm³/mol. The van der Waals surface area contributed by atoms with Gasteiger partial charge in [-0.15, -0.1) is 0 Å². The molecule has 1 rings (SSSR count). The van der Waals surface area contributed by atoms with Gasteiger partial charge in [0.1, 0.15) is 5.56 Å². The van der Waals surface area contributed by atoms with E-state index in [-0.39, 0.29) is 24.0 Å². The summed E-state index contributed by atoms with van der Waals surface area (Å²) >= 11 is 0. The summed E-state index contributed by atoms with van der Waals surface area (Å²) in [6, 6.07) is 3.03. The highest BCUT2D eigenvalue weighted by atomic mass is 16.7. The van der Waals surface area contributed by atoms with Crippen molar-refractivity contribution in [2.75, 3.05) is 12.3 Å². The summed E-state index contributed by atoms with van der Waals surface area (Å²) in [5.41, 5.74) is 6.82. The highest BCUT2D eigenvalue weighted by molar-refractivity contribution is 5.94. The third-order valence-electron chi connectivity index (χ3n) is 2.62. The number of rotatable bonds is 5. The second-order valence-corrected chi connectivity index (χ2v) is 4.81. The average Bonchev–Trinajstić information content (AvgIpc) is 2.41. The molecule has 0 heterocycles. The molecule has 0 aliphatic heterocycles. The lowest BCUT2D eigenvalue weighted by molar-refractivity contribution is 0.0373. The normalized spacial score (nSPS) is 10.3. The van der Waals surface area contributed by atoms with E-state index >= 15 is 0 Å². The van der Waals surface area contributed by atoms with Crippen molar-refractivity contribution in [3.8, 4) is 5.75 Å². The molecule has 0 radical (unpaired) electrons. The molecule has 6 nitrogen and oxygen atoms in total. The summed E-state index contributed by atoms with van der Waals surface area (Å²) in [7, 11) is 0. The number of hydrogen-bond acceptors (Lipinski definition) is 6. The number of hydrogen-bond donors (Lipinski definition) is 1. The van der Waals surface area contributed by atoms with Crippen LogP contribution >= 0.6 is 0 Å². The molecule has 0 saturated heterocycles. The number of ether oxygens (including phenoxy) is 3. The first-order valence-corrected chi connectivity index (χ1v) is 6.81. The zero-order valence-electron chi connectivity index (χ0n) is 12.8. The lowest BCUT2D eigenvalue weighted by Gasteiger charge is -2.15. The third-order valence-corrected chi connectivity index (χ3v) is 2.62. The molecule has 0 bridgehead atoms. The highest BCUT2D eigenvalue weighted by Crippen LogP contribution is 2.29. The monoisotopic (exact) mass is 295 g/mol. The van der Waals surface area contributed by atoms with Crippen molar-refractivity contribution >= 4 is 17.8 Å². The van der Waals surface area contributed by atoms with E-state index in [0.717, 1.165) is 0 Å². The Hall–Kier alpha value is -2.24. The standard InChI is InChI=1S/C15H21NO5/c1-5-8-19-15(18)21-13-10(4)12(16)7-6-11(13)14(17)20-9(2)3/h6-7,9H,5,8,16H2,1-4H3. The molecule has 0 aromatic heterocycles. The van der Waals surface area contributed by atoms with Crippen molar-refractivity contribution < 1.29 is 23.8 Å². The van der Waals surface area contributed by atoms with Crippen molar-refractivity contribution in [3.63, 3.8) is 0 Å². The van der Waals surface area contributed by atoms with Crippen molar-refractivity contribution in [2.24, 2.45) is 0 Å². The van der Waals surface area contributed by atoms with E-state index in [1.807, 2.05) is 6.92 Å². The summed E-state index contributed by atoms with van der Waals surface area (Å²) < 4.78 is 15.1. The highest BCUT2D eigenvalue weighted by Gasteiger charge is 2.21. The minimum absolute atomic E-state index is 0.0711. The number of nitrogens with two attached hydrogens (primary N) is 1. The van der Waals surface area contributed by atoms with Crippen LogP contribution in [0.4, 0.5) is 10.5 Å². The Kier molecular flexibility index (Phi) is 6.02. The van der Waals surface area contributed by atoms with Gasteiger partial charge in [-0.1, -0.05) is 6.92 Å². The predicted octanol–water partition coefficient (Wildman–Crippen LogP) is 3.07. The van der Waals surface area contributed by atoms with Crippen LogP contribution in [0.2, 0.25) is 0 Å². The molecule has 0 fully saturated rings. The van der Waals surface area contributed by atoms with E-state index in [1.165, 1.54) is 6.07 Å². The van der Waals surface area contributed by atoms with E-state index in [9.17, 15) is 9.59 Å². The average molecular weight is 295 g/mol. The Balaban J connectivity index is 3.06. The van der Waals surface area contributed by atoms with Crippen LogP contribution in [0.3, 0.4) is 0 Å². The van der Waals surface area contributed by atoms with Crippen LogP contribution in [0.1, 0.15) is 43.1 Å². The molecule has 0 saturated carbocycles. The lowest BCUT2D eigenvalue weighted by Crippen LogP contribution is -2.17. The zero-order valence-corrected chi connectivity index (χ0v) is 12.8. The second-order valence-electron chi connectivity index (χ2n) is 4.81. The minimum atomic E-state index is -0.871. The summed E-state index contributed by atoms with van der Waals surface area (Å²) in [6.07, 6.45) is -0.479. The number of carbonyl (C=O) groups is 2. The molecule has 1 aromatic rings. The summed E-state index contributed by atoms with van der Waals surface area (Å²) in [5, 5.41) is 0. The fourth-order valence-corrected chi connectivity index (χ4v) is 1.57. The molecular formula is C15H21NO5. The summed E-state index contributed by atoms with van der Waals surface area (Å²) in [6.45, 7) is 7.23. The van der Waals surface area contributed by atoms with E-state index in [1.54, 1.807) is 26.8 Å². The van der Waals surface area contributed by atoms with Crippen LogP contribution in [-0.2, 0) is 9.47 Å². The third kappa shape index (κ3) is 4.66. The molecule has 0 aliphatic rings. The SMILES string of the molecule is CCCOC(=O)Oc1c(C(=O)OC(C)C)ccc(N)c1C. The van der Waals surface area contributed by atoms with Gasteiger partial charge in [0.05, 0.1) is 12.7 Å². The maximum Gasteiger partial charge on any atom is 0.513 e. The molecule has 1 aromatic carbocycles. The number of anilines is 1. The fourth-order valence-electron chi connectivity index (χ4n) is 1.57. The van der Waals surface area contributed by atoms with Gasteiger partial charge in [-0.3, -0.25) is 0 Å². The van der Waals surface area contributed by atoms with Gasteiger partial charge in [-0.05, 0) is 39.3 Å². The first-order chi connectivity index (χ1) is 9.86. The second kappa shape index (κ2) is 7.52. The number of esters is 1. The van der Waals surface area contributed by atoms with E-state index in [4.69, 9.17) is 19.9 Å². The molecule has 6 heteroatoms. The van der Waals surface area contributed by atoms with Crippen molar-refractivity contribution in [2.45, 2.75) is 40.2 Å². The van der Waals surface area contributed by atoms with Crippen molar-refractivity contribution in [1.29, 1.82) is 0 Å². The Morgan fingerprint density at radius 1 is 1.29 bits per heavy atom. The quantitative estimate of drug-likeness (QED) is 0.510. The van der Waals surface area contributed by atoms with Crippen molar-refractivity contribution in [1.82, 2.24) is 0 Å². The van der Waals surface area contributed by atoms with Crippen LogP contribution in [0.15, 0.2) is 12.1 Å². The Morgan fingerprint density at radius 3 is 2.52 bits per heavy atom. The lowest BCUT2D eigenvalue weighted by atomic mass is 10.1. The Labute approximate surface area is 124 Å². The zero-order chi connectivity index (χ0) is 16.0. The van der Waals surface area contributed by atoms with Crippen LogP contribution in [0, 0.1) is 6.92 Å². The van der Waals surface area contributed by atoms with Gasteiger partial charge in [0, 0.05) is 11.3 Å². The van der Waals surface area contributed by atoms with Crippen molar-refractivity contribution in [3.05, 3.63) is 23.3 Å². The molecule has 116 valence electrons. The summed E-state index contributed by atoms with van der Waals surface area (Å²) in [5.74, 6) is -0.506. The van der Waals surface area contributed by atoms with Crippen LogP contribution in [-0.4, -0.2) is 24.8 Å². The van der Waals surface area contributed by atoms with Crippen LogP contribution in [0.5, 0.6) is 5.75 Å². The Bertz CT molecular complexity index is 525.